The lowest BCUT2D eigenvalue weighted by Gasteiger charge is -2.25. The molecule has 1 aromatic rings. The lowest BCUT2D eigenvalue weighted by atomic mass is 10.1. The Bertz CT molecular complexity index is 738. The minimum absolute atomic E-state index is 0.0373. The molecule has 0 spiro atoms. The Balaban J connectivity index is 1.71. The van der Waals surface area contributed by atoms with Crippen molar-refractivity contribution in [2.24, 2.45) is 5.73 Å². The fourth-order valence-corrected chi connectivity index (χ4v) is 4.11. The molecule has 0 amide bonds. The van der Waals surface area contributed by atoms with E-state index in [4.69, 9.17) is 19.9 Å². The molecule has 210 valence electrons. The summed E-state index contributed by atoms with van der Waals surface area (Å²) in [5.41, 5.74) is 7.79. The summed E-state index contributed by atoms with van der Waals surface area (Å²) in [6.45, 7) is 8.48. The van der Waals surface area contributed by atoms with Crippen LogP contribution in [0, 0.1) is 0 Å². The van der Waals surface area contributed by atoms with Crippen molar-refractivity contribution < 1.29 is 34.0 Å². The number of ether oxygens (including phenoxy) is 3. The largest absolute Gasteiger partial charge is 0.480 e. The van der Waals surface area contributed by atoms with Crippen LogP contribution in [0.5, 0.6) is 0 Å². The molecule has 11 heteroatoms. The van der Waals surface area contributed by atoms with Crippen LogP contribution in [0.3, 0.4) is 0 Å². The topological polar surface area (TPSA) is 138 Å². The summed E-state index contributed by atoms with van der Waals surface area (Å²) >= 11 is 0. The zero-order valence-corrected chi connectivity index (χ0v) is 21.9. The van der Waals surface area contributed by atoms with Crippen LogP contribution in [-0.2, 0) is 36.8 Å². The molecule has 1 aliphatic heterocycles. The Morgan fingerprint density at radius 1 is 0.676 bits per heavy atom. The fourth-order valence-electron chi connectivity index (χ4n) is 4.11. The van der Waals surface area contributed by atoms with Crippen molar-refractivity contribution in [2.45, 2.75) is 19.4 Å². The first-order chi connectivity index (χ1) is 18.0. The number of carboxylic acid groups (broad SMARTS) is 2. The van der Waals surface area contributed by atoms with Gasteiger partial charge in [0.25, 0.3) is 0 Å². The second-order valence-corrected chi connectivity index (χ2v) is 9.16. The number of benzene rings is 1. The minimum Gasteiger partial charge on any atom is -0.480 e. The average Bonchev–Trinajstić information content (AvgIpc) is 2.95. The molecule has 0 radical (unpaired) electrons. The molecule has 2 rings (SSSR count). The summed E-state index contributed by atoms with van der Waals surface area (Å²) in [4.78, 5) is 28.5. The van der Waals surface area contributed by atoms with Gasteiger partial charge in [0.2, 0.25) is 0 Å². The number of nitrogens with zero attached hydrogens (tertiary/aromatic N) is 3. The molecule has 0 bridgehead atoms. The lowest BCUT2D eigenvalue weighted by molar-refractivity contribution is -0.140. The third kappa shape index (κ3) is 15.0. The van der Waals surface area contributed by atoms with Gasteiger partial charge in [-0.1, -0.05) is 24.3 Å². The van der Waals surface area contributed by atoms with E-state index < -0.39 is 11.9 Å². The highest BCUT2D eigenvalue weighted by Crippen LogP contribution is 2.11. The van der Waals surface area contributed by atoms with Gasteiger partial charge in [0.05, 0.1) is 46.1 Å². The Hall–Kier alpha value is -2.12. The number of rotatable bonds is 18. The predicted octanol–water partition coefficient (Wildman–Crippen LogP) is 0.217. The van der Waals surface area contributed by atoms with Crippen molar-refractivity contribution in [3.05, 3.63) is 35.4 Å². The highest BCUT2D eigenvalue weighted by atomic mass is 16.5. The molecule has 1 fully saturated rings. The van der Waals surface area contributed by atoms with Gasteiger partial charge in [-0.05, 0) is 24.0 Å². The molecule has 0 saturated carbocycles. The van der Waals surface area contributed by atoms with Crippen molar-refractivity contribution in [1.82, 2.24) is 14.7 Å². The van der Waals surface area contributed by atoms with Gasteiger partial charge in [0.1, 0.15) is 0 Å². The molecule has 1 aliphatic rings. The lowest BCUT2D eigenvalue weighted by Crippen LogP contribution is -2.40. The molecule has 1 heterocycles. The number of hydrogen-bond acceptors (Lipinski definition) is 9. The molecule has 0 unspecified atom stereocenters. The van der Waals surface area contributed by atoms with Crippen LogP contribution in [0.1, 0.15) is 17.5 Å². The van der Waals surface area contributed by atoms with Gasteiger partial charge in [0, 0.05) is 59.0 Å². The smallest absolute Gasteiger partial charge is 0.317 e. The van der Waals surface area contributed by atoms with E-state index in [-0.39, 0.29) is 13.1 Å². The number of nitrogens with two attached hydrogens (primary N) is 1. The average molecular weight is 525 g/mol. The van der Waals surface area contributed by atoms with E-state index in [0.29, 0.717) is 72.4 Å². The van der Waals surface area contributed by atoms with Gasteiger partial charge >= 0.3 is 11.9 Å². The summed E-state index contributed by atoms with van der Waals surface area (Å²) in [5.74, 6) is -1.73. The molecule has 4 N–H and O–H groups in total. The van der Waals surface area contributed by atoms with Crippen LogP contribution >= 0.6 is 0 Å². The molecular weight excluding hydrogens is 480 g/mol. The Morgan fingerprint density at radius 3 is 1.59 bits per heavy atom. The molecule has 1 saturated heterocycles. The van der Waals surface area contributed by atoms with Crippen LogP contribution in [-0.4, -0.2) is 135 Å². The van der Waals surface area contributed by atoms with Crippen molar-refractivity contribution >= 4 is 11.9 Å². The van der Waals surface area contributed by atoms with Gasteiger partial charge < -0.3 is 30.2 Å². The van der Waals surface area contributed by atoms with E-state index in [1.807, 2.05) is 9.80 Å². The van der Waals surface area contributed by atoms with Crippen molar-refractivity contribution in [1.29, 1.82) is 0 Å². The molecule has 0 atom stereocenters. The van der Waals surface area contributed by atoms with E-state index in [2.05, 4.69) is 29.2 Å². The van der Waals surface area contributed by atoms with Crippen LogP contribution in [0.2, 0.25) is 0 Å². The van der Waals surface area contributed by atoms with Gasteiger partial charge in [0.15, 0.2) is 0 Å². The third-order valence-corrected chi connectivity index (χ3v) is 6.10. The van der Waals surface area contributed by atoms with Gasteiger partial charge in [-0.25, -0.2) is 0 Å². The van der Waals surface area contributed by atoms with E-state index in [1.165, 1.54) is 11.1 Å². The van der Waals surface area contributed by atoms with Gasteiger partial charge in [-0.2, -0.15) is 0 Å². The van der Waals surface area contributed by atoms with Crippen molar-refractivity contribution in [3.63, 3.8) is 0 Å². The van der Waals surface area contributed by atoms with E-state index in [9.17, 15) is 19.8 Å². The Morgan fingerprint density at radius 2 is 1.11 bits per heavy atom. The summed E-state index contributed by atoms with van der Waals surface area (Å²) in [5, 5.41) is 18.4. The Kier molecular flexibility index (Phi) is 16.0. The maximum Gasteiger partial charge on any atom is 0.317 e. The number of aliphatic carboxylic acids is 2. The first-order valence-electron chi connectivity index (χ1n) is 13.1. The monoisotopic (exact) mass is 524 g/mol. The molecule has 37 heavy (non-hydrogen) atoms. The molecule has 0 aliphatic carbocycles. The SMILES string of the molecule is NCCOCCOCCOCCCc1ccc(CN2CCN(CC(=O)O)CCN(CC(=O)O)CC2)cc1. The molecule has 11 nitrogen and oxygen atoms in total. The Labute approximate surface area is 220 Å². The van der Waals surface area contributed by atoms with Crippen LogP contribution in [0.15, 0.2) is 24.3 Å². The quantitative estimate of drug-likeness (QED) is 0.227. The summed E-state index contributed by atoms with van der Waals surface area (Å²) in [7, 11) is 0. The van der Waals surface area contributed by atoms with Gasteiger partial charge in [-0.15, -0.1) is 0 Å². The summed E-state index contributed by atoms with van der Waals surface area (Å²) in [6.07, 6.45) is 1.87. The first kappa shape index (κ1) is 31.1. The summed E-state index contributed by atoms with van der Waals surface area (Å²) in [6, 6.07) is 8.55. The highest BCUT2D eigenvalue weighted by Gasteiger charge is 2.19. The minimum atomic E-state index is -0.867. The van der Waals surface area contributed by atoms with Gasteiger partial charge in [-0.3, -0.25) is 24.3 Å². The molecular formula is C26H44N4O7. The maximum absolute atomic E-state index is 11.2. The highest BCUT2D eigenvalue weighted by molar-refractivity contribution is 5.69. The van der Waals surface area contributed by atoms with Crippen LogP contribution < -0.4 is 5.73 Å². The van der Waals surface area contributed by atoms with E-state index in [1.54, 1.807) is 0 Å². The molecule has 1 aromatic carbocycles. The number of carbonyl (C=O) groups is 2. The number of aryl methyl sites for hydroxylation is 1. The normalized spacial score (nSPS) is 16.2. The standard InChI is InChI=1S/C26H44N4O7/c27-7-15-36-17-19-37-18-16-35-14-1-2-23-3-5-24(6-4-23)20-28-8-10-29(21-25(31)32)12-13-30(11-9-28)22-26(33)34/h3-6H,1-2,7-22,27H2,(H,31,32)(H,33,34). The van der Waals surface area contributed by atoms with E-state index in [0.717, 1.165) is 32.5 Å². The fraction of sp³-hybridized carbons (Fsp3) is 0.692. The second kappa shape index (κ2) is 19.0. The zero-order valence-electron chi connectivity index (χ0n) is 21.9. The van der Waals surface area contributed by atoms with Crippen LogP contribution in [0.25, 0.3) is 0 Å². The zero-order chi connectivity index (χ0) is 26.7. The van der Waals surface area contributed by atoms with Crippen LogP contribution in [0.4, 0.5) is 0 Å². The third-order valence-electron chi connectivity index (χ3n) is 6.10. The number of carboxylic acids is 2. The first-order valence-corrected chi connectivity index (χ1v) is 13.1. The number of hydrogen-bond donors (Lipinski definition) is 3. The van der Waals surface area contributed by atoms with Crippen molar-refractivity contribution in [2.75, 3.05) is 98.5 Å². The summed E-state index contributed by atoms with van der Waals surface area (Å²) < 4.78 is 16.3. The van der Waals surface area contributed by atoms with Crippen molar-refractivity contribution in [3.8, 4) is 0 Å². The predicted molar refractivity (Wildman–Crippen MR) is 140 cm³/mol. The molecule has 0 aromatic heterocycles. The van der Waals surface area contributed by atoms with E-state index >= 15 is 0 Å². The second-order valence-electron chi connectivity index (χ2n) is 9.16. The maximum atomic E-state index is 11.2.